The van der Waals surface area contributed by atoms with Gasteiger partial charge in [-0.1, -0.05) is 6.92 Å². The molecular formula is C12H15N3O4. The molecule has 0 aromatic carbocycles. The van der Waals surface area contributed by atoms with Crippen LogP contribution in [0.2, 0.25) is 0 Å². The van der Waals surface area contributed by atoms with E-state index in [1.165, 1.54) is 0 Å². The molecule has 1 aliphatic heterocycles. The lowest BCUT2D eigenvalue weighted by atomic mass is 10.1. The molecule has 1 aromatic heterocycles. The zero-order valence-electron chi connectivity index (χ0n) is 10.6. The molecule has 2 rings (SSSR count). The second-order valence-corrected chi connectivity index (χ2v) is 4.52. The largest absolute Gasteiger partial charge is 0.478 e. The second kappa shape index (κ2) is 5.21. The molecule has 0 aliphatic carbocycles. The molecule has 0 amide bonds. The quantitative estimate of drug-likeness (QED) is 0.661. The summed E-state index contributed by atoms with van der Waals surface area (Å²) in [5, 5.41) is 19.9. The van der Waals surface area contributed by atoms with Crippen molar-refractivity contribution in [1.82, 2.24) is 4.98 Å². The summed E-state index contributed by atoms with van der Waals surface area (Å²) in [7, 11) is 0. The third kappa shape index (κ3) is 2.49. The number of nitrogens with zero attached hydrogens (tertiary/aromatic N) is 3. The molecule has 1 unspecified atom stereocenters. The van der Waals surface area contributed by atoms with Crippen molar-refractivity contribution < 1.29 is 14.8 Å². The number of rotatable bonds is 4. The molecule has 102 valence electrons. The first-order valence-electron chi connectivity index (χ1n) is 6.19. The summed E-state index contributed by atoms with van der Waals surface area (Å²) in [6.07, 6.45) is 4.00. The summed E-state index contributed by atoms with van der Waals surface area (Å²) >= 11 is 0. The molecule has 0 radical (unpaired) electrons. The van der Waals surface area contributed by atoms with Crippen molar-refractivity contribution in [2.24, 2.45) is 0 Å². The minimum absolute atomic E-state index is 0.102. The number of aromatic nitrogens is 1. The van der Waals surface area contributed by atoms with Crippen molar-refractivity contribution in [1.29, 1.82) is 0 Å². The lowest BCUT2D eigenvalue weighted by Gasteiger charge is -2.25. The fraction of sp³-hybridized carbons (Fsp3) is 0.500. The Morgan fingerprint density at radius 1 is 1.68 bits per heavy atom. The molecule has 19 heavy (non-hydrogen) atoms. The van der Waals surface area contributed by atoms with E-state index in [-0.39, 0.29) is 17.3 Å². The molecule has 7 nitrogen and oxygen atoms in total. The van der Waals surface area contributed by atoms with Crippen molar-refractivity contribution in [3.05, 3.63) is 27.9 Å². The summed E-state index contributed by atoms with van der Waals surface area (Å²) in [6.45, 7) is 2.78. The SMILES string of the molecule is CCC1CCCN1c1ncc([N+](=O)[O-])cc1C(=O)O. The molecule has 1 aliphatic rings. The van der Waals surface area contributed by atoms with Crippen molar-refractivity contribution >= 4 is 17.5 Å². The summed E-state index contributed by atoms with van der Waals surface area (Å²) in [5.41, 5.74) is -0.400. The lowest BCUT2D eigenvalue weighted by Crippen LogP contribution is -2.30. The Hall–Kier alpha value is -2.18. The molecule has 0 saturated carbocycles. The number of aromatic carboxylic acids is 1. The second-order valence-electron chi connectivity index (χ2n) is 4.52. The molecule has 1 atom stereocenters. The van der Waals surface area contributed by atoms with Crippen molar-refractivity contribution in [2.45, 2.75) is 32.2 Å². The maximum Gasteiger partial charge on any atom is 0.339 e. The number of nitro groups is 1. The average molecular weight is 265 g/mol. The minimum Gasteiger partial charge on any atom is -0.478 e. The maximum absolute atomic E-state index is 11.3. The van der Waals surface area contributed by atoms with Gasteiger partial charge in [0.25, 0.3) is 5.69 Å². The zero-order valence-corrected chi connectivity index (χ0v) is 10.6. The summed E-state index contributed by atoms with van der Waals surface area (Å²) in [5.74, 6) is -0.851. The van der Waals surface area contributed by atoms with Crippen LogP contribution in [0.4, 0.5) is 11.5 Å². The van der Waals surface area contributed by atoms with E-state index in [1.807, 2.05) is 11.8 Å². The normalized spacial score (nSPS) is 18.6. The van der Waals surface area contributed by atoms with Crippen LogP contribution >= 0.6 is 0 Å². The van der Waals surface area contributed by atoms with Gasteiger partial charge in [-0.2, -0.15) is 0 Å². The van der Waals surface area contributed by atoms with E-state index in [0.717, 1.165) is 38.1 Å². The first-order valence-corrected chi connectivity index (χ1v) is 6.19. The van der Waals surface area contributed by atoms with Crippen molar-refractivity contribution in [2.75, 3.05) is 11.4 Å². The first kappa shape index (κ1) is 13.3. The van der Waals surface area contributed by atoms with Gasteiger partial charge in [0, 0.05) is 18.7 Å². The topological polar surface area (TPSA) is 96.6 Å². The van der Waals surface area contributed by atoms with E-state index in [2.05, 4.69) is 4.98 Å². The van der Waals surface area contributed by atoms with Gasteiger partial charge in [0.1, 0.15) is 17.6 Å². The van der Waals surface area contributed by atoms with E-state index < -0.39 is 10.9 Å². The van der Waals surface area contributed by atoms with Crippen LogP contribution in [0.1, 0.15) is 36.5 Å². The number of anilines is 1. The Morgan fingerprint density at radius 3 is 3.00 bits per heavy atom. The summed E-state index contributed by atoms with van der Waals surface area (Å²) in [6, 6.07) is 1.34. The summed E-state index contributed by atoms with van der Waals surface area (Å²) < 4.78 is 0. The van der Waals surface area contributed by atoms with Gasteiger partial charge in [-0.05, 0) is 19.3 Å². The van der Waals surface area contributed by atoms with E-state index in [0.29, 0.717) is 5.82 Å². The van der Waals surface area contributed by atoms with Crippen LogP contribution in [0, 0.1) is 10.1 Å². The standard InChI is InChI=1S/C12H15N3O4/c1-2-8-4-3-5-14(8)11-10(12(16)17)6-9(7-13-11)15(18)19/h6-8H,2-5H2,1H3,(H,16,17). The van der Waals surface area contributed by atoms with Crippen molar-refractivity contribution in [3.8, 4) is 0 Å². The highest BCUT2D eigenvalue weighted by Gasteiger charge is 2.29. The van der Waals surface area contributed by atoms with Gasteiger partial charge in [-0.25, -0.2) is 9.78 Å². The van der Waals surface area contributed by atoms with Crippen LogP contribution in [-0.4, -0.2) is 33.6 Å². The number of carboxylic acid groups (broad SMARTS) is 1. The van der Waals surface area contributed by atoms with E-state index in [9.17, 15) is 20.0 Å². The van der Waals surface area contributed by atoms with E-state index in [1.54, 1.807) is 0 Å². The molecule has 1 aromatic rings. The monoisotopic (exact) mass is 265 g/mol. The van der Waals surface area contributed by atoms with Gasteiger partial charge in [0.15, 0.2) is 0 Å². The maximum atomic E-state index is 11.3. The Kier molecular flexibility index (Phi) is 3.64. The fourth-order valence-electron chi connectivity index (χ4n) is 2.47. The molecule has 1 N–H and O–H groups in total. The molecular weight excluding hydrogens is 250 g/mol. The van der Waals surface area contributed by atoms with Gasteiger partial charge in [-0.15, -0.1) is 0 Å². The third-order valence-electron chi connectivity index (χ3n) is 3.41. The lowest BCUT2D eigenvalue weighted by molar-refractivity contribution is -0.385. The van der Waals surface area contributed by atoms with Crippen LogP contribution in [0.25, 0.3) is 0 Å². The fourth-order valence-corrected chi connectivity index (χ4v) is 2.47. The molecule has 0 bridgehead atoms. The Labute approximate surface area is 110 Å². The number of carboxylic acids is 1. The van der Waals surface area contributed by atoms with Crippen LogP contribution < -0.4 is 4.90 Å². The van der Waals surface area contributed by atoms with Crippen LogP contribution in [0.5, 0.6) is 0 Å². The molecule has 1 saturated heterocycles. The van der Waals surface area contributed by atoms with E-state index in [4.69, 9.17) is 0 Å². The predicted octanol–water partition coefficient (Wildman–Crippen LogP) is 2.07. The number of carbonyl (C=O) groups is 1. The molecule has 7 heteroatoms. The van der Waals surface area contributed by atoms with Crippen LogP contribution in [-0.2, 0) is 0 Å². The Bertz CT molecular complexity index is 518. The number of hydrogen-bond donors (Lipinski definition) is 1. The smallest absolute Gasteiger partial charge is 0.339 e. The van der Waals surface area contributed by atoms with Crippen LogP contribution in [0.3, 0.4) is 0 Å². The molecule has 2 heterocycles. The van der Waals surface area contributed by atoms with E-state index >= 15 is 0 Å². The van der Waals surface area contributed by atoms with Crippen LogP contribution in [0.15, 0.2) is 12.3 Å². The highest BCUT2D eigenvalue weighted by molar-refractivity contribution is 5.94. The zero-order chi connectivity index (χ0) is 14.0. The Morgan fingerprint density at radius 2 is 2.42 bits per heavy atom. The predicted molar refractivity (Wildman–Crippen MR) is 68.5 cm³/mol. The third-order valence-corrected chi connectivity index (χ3v) is 3.41. The Balaban J connectivity index is 2.45. The number of pyridine rings is 1. The van der Waals surface area contributed by atoms with Gasteiger partial charge in [0.2, 0.25) is 0 Å². The van der Waals surface area contributed by atoms with Gasteiger partial charge in [0.05, 0.1) is 4.92 Å². The average Bonchev–Trinajstić information content (AvgIpc) is 2.85. The van der Waals surface area contributed by atoms with Gasteiger partial charge < -0.3 is 10.0 Å². The van der Waals surface area contributed by atoms with Gasteiger partial charge in [-0.3, -0.25) is 10.1 Å². The number of hydrogen-bond acceptors (Lipinski definition) is 5. The first-order chi connectivity index (χ1) is 9.04. The minimum atomic E-state index is -1.19. The van der Waals surface area contributed by atoms with Crippen molar-refractivity contribution in [3.63, 3.8) is 0 Å². The molecule has 0 spiro atoms. The summed E-state index contributed by atoms with van der Waals surface area (Å²) in [4.78, 5) is 27.3. The highest BCUT2D eigenvalue weighted by atomic mass is 16.6. The van der Waals surface area contributed by atoms with Gasteiger partial charge >= 0.3 is 5.97 Å². The highest BCUT2D eigenvalue weighted by Crippen LogP contribution is 2.30. The molecule has 1 fully saturated rings.